The number of amides is 1. The number of aromatic amines is 1. The molecule has 0 atom stereocenters. The quantitative estimate of drug-likeness (QED) is 0.429. The van der Waals surface area contributed by atoms with Gasteiger partial charge in [0.1, 0.15) is 5.82 Å². The third kappa shape index (κ3) is 4.25. The molecule has 8 heteroatoms. The van der Waals surface area contributed by atoms with E-state index in [1.807, 2.05) is 64.1 Å². The number of H-pyrrole nitrogens is 1. The lowest BCUT2D eigenvalue weighted by molar-refractivity contribution is 0.0952. The van der Waals surface area contributed by atoms with Gasteiger partial charge in [0, 0.05) is 29.5 Å². The Labute approximate surface area is 185 Å². The van der Waals surface area contributed by atoms with Gasteiger partial charge in [-0.2, -0.15) is 5.10 Å². The fourth-order valence-corrected chi connectivity index (χ4v) is 3.68. The second kappa shape index (κ2) is 8.66. The number of aryl methyl sites for hydroxylation is 2. The number of carbonyl (C=O) groups excluding carboxylic acids is 1. The molecule has 0 fully saturated rings. The molecule has 0 aliphatic carbocycles. The van der Waals surface area contributed by atoms with Gasteiger partial charge in [-0.25, -0.2) is 9.67 Å². The minimum absolute atomic E-state index is 0.0802. The molecule has 4 aromatic rings. The Bertz CT molecular complexity index is 1340. The molecule has 0 saturated heterocycles. The minimum Gasteiger partial charge on any atom is -0.348 e. The SMILES string of the molecule is Cc1cc(C)c(CNC(=O)c2cc(Nc3ccccc3)nc3c2cnn3C(C)C)c(=O)[nH]1. The van der Waals surface area contributed by atoms with Crippen molar-refractivity contribution in [1.29, 1.82) is 0 Å². The Hall–Kier alpha value is -3.94. The van der Waals surface area contributed by atoms with Crippen LogP contribution in [0.3, 0.4) is 0 Å². The molecule has 32 heavy (non-hydrogen) atoms. The summed E-state index contributed by atoms with van der Waals surface area (Å²) in [6.07, 6.45) is 1.66. The van der Waals surface area contributed by atoms with Crippen LogP contribution in [-0.2, 0) is 6.54 Å². The van der Waals surface area contributed by atoms with Crippen molar-refractivity contribution in [2.24, 2.45) is 0 Å². The van der Waals surface area contributed by atoms with Crippen LogP contribution in [0.1, 0.15) is 47.1 Å². The molecule has 3 heterocycles. The average Bonchev–Trinajstić information content (AvgIpc) is 3.17. The number of nitrogens with zero attached hydrogens (tertiary/aromatic N) is 3. The van der Waals surface area contributed by atoms with Crippen molar-refractivity contribution >= 4 is 28.4 Å². The monoisotopic (exact) mass is 430 g/mol. The fourth-order valence-electron chi connectivity index (χ4n) is 3.68. The van der Waals surface area contributed by atoms with Gasteiger partial charge in [0.2, 0.25) is 0 Å². The molecule has 0 unspecified atom stereocenters. The van der Waals surface area contributed by atoms with Crippen molar-refractivity contribution < 1.29 is 4.79 Å². The van der Waals surface area contributed by atoms with Crippen molar-refractivity contribution in [1.82, 2.24) is 25.1 Å². The third-order valence-corrected chi connectivity index (χ3v) is 5.27. The van der Waals surface area contributed by atoms with Gasteiger partial charge >= 0.3 is 0 Å². The first-order chi connectivity index (χ1) is 15.3. The maximum absolute atomic E-state index is 13.2. The van der Waals surface area contributed by atoms with E-state index in [4.69, 9.17) is 4.98 Å². The standard InChI is InChI=1S/C24H26N6O2/c1-14(2)30-22-20(13-26-30)18(11-21(29-22)28-17-8-6-5-7-9-17)23(31)25-12-19-15(3)10-16(4)27-24(19)32/h5-11,13-14H,12H2,1-4H3,(H,25,31)(H,27,32)(H,28,29). The highest BCUT2D eigenvalue weighted by atomic mass is 16.1. The van der Waals surface area contributed by atoms with E-state index >= 15 is 0 Å². The highest BCUT2D eigenvalue weighted by molar-refractivity contribution is 6.06. The number of hydrogen-bond acceptors (Lipinski definition) is 5. The molecule has 1 amide bonds. The number of pyridine rings is 2. The van der Waals surface area contributed by atoms with Crippen molar-refractivity contribution in [2.75, 3.05) is 5.32 Å². The second-order valence-corrected chi connectivity index (χ2v) is 8.09. The zero-order valence-corrected chi connectivity index (χ0v) is 18.6. The Balaban J connectivity index is 1.70. The highest BCUT2D eigenvalue weighted by Crippen LogP contribution is 2.25. The Morgan fingerprint density at radius 3 is 2.59 bits per heavy atom. The van der Waals surface area contributed by atoms with Gasteiger partial charge in [0.15, 0.2) is 5.65 Å². The molecule has 8 nitrogen and oxygen atoms in total. The molecule has 0 saturated carbocycles. The largest absolute Gasteiger partial charge is 0.348 e. The maximum atomic E-state index is 13.2. The molecule has 0 bridgehead atoms. The summed E-state index contributed by atoms with van der Waals surface area (Å²) in [7, 11) is 0. The van der Waals surface area contributed by atoms with Crippen LogP contribution < -0.4 is 16.2 Å². The molecule has 0 spiro atoms. The van der Waals surface area contributed by atoms with E-state index in [2.05, 4.69) is 20.7 Å². The zero-order valence-electron chi connectivity index (χ0n) is 18.6. The van der Waals surface area contributed by atoms with Crippen molar-refractivity contribution in [3.63, 3.8) is 0 Å². The summed E-state index contributed by atoms with van der Waals surface area (Å²) >= 11 is 0. The first kappa shape index (κ1) is 21.3. The number of aromatic nitrogens is 4. The minimum atomic E-state index is -0.295. The average molecular weight is 431 g/mol. The van der Waals surface area contributed by atoms with E-state index in [9.17, 15) is 9.59 Å². The summed E-state index contributed by atoms with van der Waals surface area (Å²) in [5.41, 5.74) is 3.90. The van der Waals surface area contributed by atoms with Crippen molar-refractivity contribution in [2.45, 2.75) is 40.3 Å². The number of anilines is 2. The second-order valence-electron chi connectivity index (χ2n) is 8.09. The van der Waals surface area contributed by atoms with E-state index in [1.165, 1.54) is 0 Å². The lowest BCUT2D eigenvalue weighted by Crippen LogP contribution is -2.28. The normalized spacial score (nSPS) is 11.2. The van der Waals surface area contributed by atoms with Crippen LogP contribution in [0.2, 0.25) is 0 Å². The van der Waals surface area contributed by atoms with Crippen LogP contribution in [0.25, 0.3) is 11.0 Å². The van der Waals surface area contributed by atoms with Gasteiger partial charge in [0.25, 0.3) is 11.5 Å². The van der Waals surface area contributed by atoms with E-state index in [0.29, 0.717) is 28.0 Å². The Morgan fingerprint density at radius 1 is 1.16 bits per heavy atom. The van der Waals surface area contributed by atoms with Crippen molar-refractivity contribution in [3.05, 3.63) is 81.4 Å². The smallest absolute Gasteiger partial charge is 0.253 e. The van der Waals surface area contributed by atoms with Gasteiger partial charge in [-0.15, -0.1) is 0 Å². The van der Waals surface area contributed by atoms with E-state index < -0.39 is 0 Å². The lowest BCUT2D eigenvalue weighted by Gasteiger charge is -2.12. The molecule has 1 aromatic carbocycles. The van der Waals surface area contributed by atoms with Crippen LogP contribution in [0.15, 0.2) is 53.5 Å². The summed E-state index contributed by atoms with van der Waals surface area (Å²) in [5, 5.41) is 11.2. The summed E-state index contributed by atoms with van der Waals surface area (Å²) in [4.78, 5) is 33.0. The van der Waals surface area contributed by atoms with Crippen LogP contribution in [0, 0.1) is 13.8 Å². The molecule has 3 N–H and O–H groups in total. The summed E-state index contributed by atoms with van der Waals surface area (Å²) in [6, 6.07) is 13.3. The van der Waals surface area contributed by atoms with Gasteiger partial charge < -0.3 is 15.6 Å². The number of para-hydroxylation sites is 1. The van der Waals surface area contributed by atoms with Gasteiger partial charge in [-0.1, -0.05) is 18.2 Å². The summed E-state index contributed by atoms with van der Waals surface area (Å²) < 4.78 is 1.79. The maximum Gasteiger partial charge on any atom is 0.253 e. The summed E-state index contributed by atoms with van der Waals surface area (Å²) in [6.45, 7) is 7.85. The molecule has 4 rings (SSSR count). The number of benzene rings is 1. The van der Waals surface area contributed by atoms with Crippen molar-refractivity contribution in [3.8, 4) is 0 Å². The third-order valence-electron chi connectivity index (χ3n) is 5.27. The molecular weight excluding hydrogens is 404 g/mol. The number of carbonyl (C=O) groups is 1. The van der Waals surface area contributed by atoms with Crippen LogP contribution in [0.5, 0.6) is 0 Å². The predicted molar refractivity (Wildman–Crippen MR) is 125 cm³/mol. The van der Waals surface area contributed by atoms with Gasteiger partial charge in [-0.3, -0.25) is 9.59 Å². The molecular formula is C24H26N6O2. The molecule has 164 valence electrons. The zero-order chi connectivity index (χ0) is 22.8. The molecule has 0 radical (unpaired) electrons. The number of rotatable bonds is 6. The van der Waals surface area contributed by atoms with E-state index in [1.54, 1.807) is 16.9 Å². The van der Waals surface area contributed by atoms with E-state index in [0.717, 1.165) is 16.9 Å². The van der Waals surface area contributed by atoms with E-state index in [-0.39, 0.29) is 24.1 Å². The number of nitrogens with one attached hydrogen (secondary N) is 3. The van der Waals surface area contributed by atoms with Gasteiger partial charge in [0.05, 0.1) is 17.1 Å². The summed E-state index contributed by atoms with van der Waals surface area (Å²) in [5.74, 6) is 0.247. The predicted octanol–water partition coefficient (Wildman–Crippen LogP) is 3.99. The van der Waals surface area contributed by atoms with Crippen LogP contribution in [-0.4, -0.2) is 25.7 Å². The molecule has 0 aliphatic rings. The Morgan fingerprint density at radius 2 is 1.91 bits per heavy atom. The van der Waals surface area contributed by atoms with Crippen LogP contribution in [0.4, 0.5) is 11.5 Å². The number of hydrogen-bond donors (Lipinski definition) is 3. The molecule has 0 aliphatic heterocycles. The number of fused-ring (bicyclic) bond motifs is 1. The highest BCUT2D eigenvalue weighted by Gasteiger charge is 2.18. The van der Waals surface area contributed by atoms with Crippen LogP contribution >= 0.6 is 0 Å². The fraction of sp³-hybridized carbons (Fsp3) is 0.250. The lowest BCUT2D eigenvalue weighted by atomic mass is 10.1. The Kier molecular flexibility index (Phi) is 5.77. The first-order valence-corrected chi connectivity index (χ1v) is 10.5. The first-order valence-electron chi connectivity index (χ1n) is 10.5. The van der Waals surface area contributed by atoms with Gasteiger partial charge in [-0.05, 0) is 57.5 Å². The molecule has 3 aromatic heterocycles. The topological polar surface area (TPSA) is 105 Å².